The van der Waals surface area contributed by atoms with Crippen LogP contribution in [0, 0.1) is 11.7 Å². The summed E-state index contributed by atoms with van der Waals surface area (Å²) in [5.41, 5.74) is 1.04. The fourth-order valence-corrected chi connectivity index (χ4v) is 2.94. The number of benzene rings is 1. The van der Waals surface area contributed by atoms with Crippen LogP contribution in [0.5, 0.6) is 0 Å². The molecule has 5 heteroatoms. The van der Waals surface area contributed by atoms with Gasteiger partial charge in [0.1, 0.15) is 5.82 Å². The molecule has 1 saturated carbocycles. The van der Waals surface area contributed by atoms with Crippen molar-refractivity contribution in [3.63, 3.8) is 0 Å². The van der Waals surface area contributed by atoms with Crippen molar-refractivity contribution < 1.29 is 14.4 Å². The standard InChI is InChI=1S/C14H21BFNO2/c1-17(9-11-4-2-3-5-11)10-12-6-7-13(16)8-14(12)15(18)19/h6-8,11,18-19H,2-5,9-10H2,1H3. The van der Waals surface area contributed by atoms with E-state index in [0.717, 1.165) is 18.0 Å². The highest BCUT2D eigenvalue weighted by atomic mass is 19.1. The molecule has 2 rings (SSSR count). The monoisotopic (exact) mass is 265 g/mol. The summed E-state index contributed by atoms with van der Waals surface area (Å²) in [6.07, 6.45) is 5.19. The van der Waals surface area contributed by atoms with Gasteiger partial charge in [0.25, 0.3) is 0 Å². The Hall–Kier alpha value is -0.905. The van der Waals surface area contributed by atoms with Crippen LogP contribution < -0.4 is 5.46 Å². The molecule has 0 spiro atoms. The van der Waals surface area contributed by atoms with Crippen molar-refractivity contribution in [2.24, 2.45) is 5.92 Å². The Morgan fingerprint density at radius 1 is 1.32 bits per heavy atom. The lowest BCUT2D eigenvalue weighted by atomic mass is 9.77. The maximum atomic E-state index is 13.1. The van der Waals surface area contributed by atoms with Crippen LogP contribution in [0.2, 0.25) is 0 Å². The van der Waals surface area contributed by atoms with E-state index in [4.69, 9.17) is 0 Å². The molecule has 0 atom stereocenters. The van der Waals surface area contributed by atoms with Gasteiger partial charge >= 0.3 is 7.12 Å². The maximum absolute atomic E-state index is 13.1. The van der Waals surface area contributed by atoms with Gasteiger partial charge in [-0.1, -0.05) is 18.9 Å². The van der Waals surface area contributed by atoms with Crippen molar-refractivity contribution in [1.29, 1.82) is 0 Å². The normalized spacial score (nSPS) is 16.3. The number of hydrogen-bond donors (Lipinski definition) is 2. The predicted octanol–water partition coefficient (Wildman–Crippen LogP) is 1.13. The Kier molecular flexibility index (Phi) is 4.96. The van der Waals surface area contributed by atoms with E-state index in [1.807, 2.05) is 7.05 Å². The molecule has 19 heavy (non-hydrogen) atoms. The minimum Gasteiger partial charge on any atom is -0.423 e. The molecule has 0 unspecified atom stereocenters. The molecule has 2 N–H and O–H groups in total. The molecule has 1 aliphatic carbocycles. The van der Waals surface area contributed by atoms with E-state index in [0.29, 0.717) is 6.54 Å². The topological polar surface area (TPSA) is 43.7 Å². The molecule has 0 bridgehead atoms. The van der Waals surface area contributed by atoms with Gasteiger partial charge in [-0.15, -0.1) is 0 Å². The lowest BCUT2D eigenvalue weighted by Crippen LogP contribution is -2.36. The number of hydrogen-bond acceptors (Lipinski definition) is 3. The van der Waals surface area contributed by atoms with Crippen LogP contribution in [-0.2, 0) is 6.54 Å². The van der Waals surface area contributed by atoms with Crippen LogP contribution in [0.1, 0.15) is 31.2 Å². The van der Waals surface area contributed by atoms with Crippen molar-refractivity contribution in [3.05, 3.63) is 29.6 Å². The fourth-order valence-electron chi connectivity index (χ4n) is 2.94. The molecule has 1 fully saturated rings. The van der Waals surface area contributed by atoms with Crippen LogP contribution in [0.25, 0.3) is 0 Å². The minimum atomic E-state index is -1.62. The lowest BCUT2D eigenvalue weighted by Gasteiger charge is -2.22. The molecular weight excluding hydrogens is 244 g/mol. The molecule has 0 saturated heterocycles. The predicted molar refractivity (Wildman–Crippen MR) is 74.5 cm³/mol. The first-order valence-corrected chi connectivity index (χ1v) is 6.89. The Balaban J connectivity index is 2.01. The highest BCUT2D eigenvalue weighted by Crippen LogP contribution is 2.25. The highest BCUT2D eigenvalue weighted by Gasteiger charge is 2.20. The molecule has 0 aliphatic heterocycles. The summed E-state index contributed by atoms with van der Waals surface area (Å²) in [6.45, 7) is 1.63. The van der Waals surface area contributed by atoms with Gasteiger partial charge in [0, 0.05) is 13.1 Å². The first kappa shape index (κ1) is 14.5. The third-order valence-electron chi connectivity index (χ3n) is 3.87. The zero-order valence-electron chi connectivity index (χ0n) is 11.3. The molecule has 104 valence electrons. The summed E-state index contributed by atoms with van der Waals surface area (Å²) in [5.74, 6) is 0.304. The maximum Gasteiger partial charge on any atom is 0.488 e. The quantitative estimate of drug-likeness (QED) is 0.784. The van der Waals surface area contributed by atoms with Crippen LogP contribution in [0.4, 0.5) is 4.39 Å². The van der Waals surface area contributed by atoms with Gasteiger partial charge in [0.2, 0.25) is 0 Å². The lowest BCUT2D eigenvalue weighted by molar-refractivity contribution is 0.271. The average molecular weight is 265 g/mol. The van der Waals surface area contributed by atoms with Crippen LogP contribution >= 0.6 is 0 Å². The van der Waals surface area contributed by atoms with E-state index in [9.17, 15) is 14.4 Å². The van der Waals surface area contributed by atoms with Crippen LogP contribution in [0.3, 0.4) is 0 Å². The number of halogens is 1. The molecule has 0 aromatic heterocycles. The second kappa shape index (κ2) is 6.50. The summed E-state index contributed by atoms with van der Waals surface area (Å²) in [6, 6.07) is 4.20. The van der Waals surface area contributed by atoms with E-state index in [2.05, 4.69) is 4.90 Å². The largest absolute Gasteiger partial charge is 0.488 e. The molecular formula is C14H21BFNO2. The third kappa shape index (κ3) is 4.03. The summed E-state index contributed by atoms with van der Waals surface area (Å²) in [5, 5.41) is 18.6. The summed E-state index contributed by atoms with van der Waals surface area (Å²) < 4.78 is 13.1. The van der Waals surface area contributed by atoms with Crippen molar-refractivity contribution in [1.82, 2.24) is 4.90 Å². The van der Waals surface area contributed by atoms with Gasteiger partial charge in [-0.25, -0.2) is 4.39 Å². The van der Waals surface area contributed by atoms with Gasteiger partial charge in [-0.3, -0.25) is 0 Å². The molecule has 0 heterocycles. The fraction of sp³-hybridized carbons (Fsp3) is 0.571. The number of rotatable bonds is 5. The van der Waals surface area contributed by atoms with Gasteiger partial charge in [-0.2, -0.15) is 0 Å². The van der Waals surface area contributed by atoms with Gasteiger partial charge in [-0.05, 0) is 49.0 Å². The summed E-state index contributed by atoms with van der Waals surface area (Å²) >= 11 is 0. The Morgan fingerprint density at radius 3 is 2.63 bits per heavy atom. The van der Waals surface area contributed by atoms with Crippen LogP contribution in [0.15, 0.2) is 18.2 Å². The third-order valence-corrected chi connectivity index (χ3v) is 3.87. The van der Waals surface area contributed by atoms with E-state index in [1.54, 1.807) is 6.07 Å². The Bertz CT molecular complexity index is 422. The molecule has 1 aromatic carbocycles. The SMILES string of the molecule is CN(Cc1ccc(F)cc1B(O)O)CC1CCCC1. The molecule has 1 aliphatic rings. The highest BCUT2D eigenvalue weighted by molar-refractivity contribution is 6.59. The van der Waals surface area contributed by atoms with Crippen molar-refractivity contribution >= 4 is 12.6 Å². The Labute approximate surface area is 114 Å². The van der Waals surface area contributed by atoms with Gasteiger partial charge < -0.3 is 14.9 Å². The van der Waals surface area contributed by atoms with Crippen molar-refractivity contribution in [2.75, 3.05) is 13.6 Å². The summed E-state index contributed by atoms with van der Waals surface area (Å²) in [7, 11) is 0.403. The number of nitrogens with zero attached hydrogens (tertiary/aromatic N) is 1. The zero-order chi connectivity index (χ0) is 13.8. The van der Waals surface area contributed by atoms with Gasteiger partial charge in [0.15, 0.2) is 0 Å². The zero-order valence-corrected chi connectivity index (χ0v) is 11.3. The smallest absolute Gasteiger partial charge is 0.423 e. The van der Waals surface area contributed by atoms with E-state index in [1.165, 1.54) is 37.8 Å². The molecule has 1 aromatic rings. The van der Waals surface area contributed by atoms with E-state index >= 15 is 0 Å². The average Bonchev–Trinajstić information content (AvgIpc) is 2.83. The minimum absolute atomic E-state index is 0.262. The molecule has 0 radical (unpaired) electrons. The molecule has 3 nitrogen and oxygen atoms in total. The van der Waals surface area contributed by atoms with Crippen LogP contribution in [-0.4, -0.2) is 35.7 Å². The first-order chi connectivity index (χ1) is 9.06. The van der Waals surface area contributed by atoms with Crippen molar-refractivity contribution in [2.45, 2.75) is 32.2 Å². The first-order valence-electron chi connectivity index (χ1n) is 6.89. The second-order valence-corrected chi connectivity index (χ2v) is 5.56. The summed E-state index contributed by atoms with van der Waals surface area (Å²) in [4.78, 5) is 2.18. The van der Waals surface area contributed by atoms with Crippen molar-refractivity contribution in [3.8, 4) is 0 Å². The van der Waals surface area contributed by atoms with E-state index < -0.39 is 12.9 Å². The Morgan fingerprint density at radius 2 is 2.00 bits per heavy atom. The van der Waals surface area contributed by atoms with Gasteiger partial charge in [0.05, 0.1) is 0 Å². The van der Waals surface area contributed by atoms with E-state index in [-0.39, 0.29) is 5.46 Å². The molecule has 0 amide bonds. The second-order valence-electron chi connectivity index (χ2n) is 5.56.